The van der Waals surface area contributed by atoms with Gasteiger partial charge in [-0.3, -0.25) is 9.78 Å². The molecule has 0 radical (unpaired) electrons. The number of hydrogen-bond acceptors (Lipinski definition) is 6. The van der Waals surface area contributed by atoms with Crippen molar-refractivity contribution >= 4 is 23.4 Å². The molecule has 0 aliphatic carbocycles. The molecule has 3 heterocycles. The third-order valence-electron chi connectivity index (χ3n) is 3.28. The summed E-state index contributed by atoms with van der Waals surface area (Å²) in [6.45, 7) is 0. The highest BCUT2D eigenvalue weighted by atomic mass is 32.2. The van der Waals surface area contributed by atoms with Gasteiger partial charge >= 0.3 is 0 Å². The smallest absolute Gasteiger partial charge is 0.276 e. The van der Waals surface area contributed by atoms with Crippen LogP contribution in [0.3, 0.4) is 0 Å². The molecule has 1 amide bonds. The minimum absolute atomic E-state index is 0.218. The van der Waals surface area contributed by atoms with Gasteiger partial charge in [-0.25, -0.2) is 19.3 Å². The number of anilines is 1. The molecule has 24 heavy (non-hydrogen) atoms. The van der Waals surface area contributed by atoms with Crippen molar-refractivity contribution in [3.63, 3.8) is 0 Å². The van der Waals surface area contributed by atoms with E-state index in [0.29, 0.717) is 21.7 Å². The SMILES string of the molecule is CN(C(=O)c1cnc(Sc2ncc(F)cn2)n1C)c1cccnc1. The molecule has 0 atom stereocenters. The zero-order valence-corrected chi connectivity index (χ0v) is 13.7. The summed E-state index contributed by atoms with van der Waals surface area (Å²) < 4.78 is 14.5. The minimum atomic E-state index is -0.506. The van der Waals surface area contributed by atoms with E-state index in [1.165, 1.54) is 11.1 Å². The van der Waals surface area contributed by atoms with Gasteiger partial charge in [0, 0.05) is 20.3 Å². The first-order valence-corrected chi connectivity index (χ1v) is 7.73. The van der Waals surface area contributed by atoms with Crippen molar-refractivity contribution in [3.8, 4) is 0 Å². The maximum absolute atomic E-state index is 12.9. The number of carbonyl (C=O) groups excluding carboxylic acids is 1. The average molecular weight is 344 g/mol. The van der Waals surface area contributed by atoms with Gasteiger partial charge in [-0.1, -0.05) is 0 Å². The Morgan fingerprint density at radius 2 is 1.96 bits per heavy atom. The second-order valence-electron chi connectivity index (χ2n) is 4.85. The fraction of sp³-hybridized carbons (Fsp3) is 0.133. The van der Waals surface area contributed by atoms with E-state index in [1.54, 1.807) is 43.2 Å². The van der Waals surface area contributed by atoms with Crippen molar-refractivity contribution in [2.45, 2.75) is 10.3 Å². The molecule has 0 unspecified atom stereocenters. The average Bonchev–Trinajstić information content (AvgIpc) is 2.97. The lowest BCUT2D eigenvalue weighted by atomic mass is 10.3. The lowest BCUT2D eigenvalue weighted by molar-refractivity contribution is 0.0984. The second-order valence-corrected chi connectivity index (χ2v) is 5.78. The predicted octanol–water partition coefficient (Wildman–Crippen LogP) is 2.17. The number of carbonyl (C=O) groups is 1. The quantitative estimate of drug-likeness (QED) is 0.675. The first-order valence-electron chi connectivity index (χ1n) is 6.91. The molecule has 0 aromatic carbocycles. The molecule has 0 N–H and O–H groups in total. The van der Waals surface area contributed by atoms with Crippen molar-refractivity contribution in [2.24, 2.45) is 7.05 Å². The van der Waals surface area contributed by atoms with Crippen LogP contribution in [0.2, 0.25) is 0 Å². The number of imidazole rings is 1. The Balaban J connectivity index is 1.81. The number of amides is 1. The van der Waals surface area contributed by atoms with Crippen LogP contribution in [0.1, 0.15) is 10.5 Å². The van der Waals surface area contributed by atoms with Gasteiger partial charge in [0.05, 0.1) is 30.5 Å². The van der Waals surface area contributed by atoms with Crippen LogP contribution in [0, 0.1) is 5.82 Å². The number of rotatable bonds is 4. The Morgan fingerprint density at radius 3 is 2.62 bits per heavy atom. The number of hydrogen-bond donors (Lipinski definition) is 0. The van der Waals surface area contributed by atoms with Gasteiger partial charge in [0.25, 0.3) is 5.91 Å². The Bertz CT molecular complexity index is 852. The summed E-state index contributed by atoms with van der Waals surface area (Å²) in [5.74, 6) is -0.724. The minimum Gasteiger partial charge on any atom is -0.318 e. The van der Waals surface area contributed by atoms with Gasteiger partial charge < -0.3 is 9.47 Å². The molecule has 0 bridgehead atoms. The Kier molecular flexibility index (Phi) is 4.52. The fourth-order valence-corrected chi connectivity index (χ4v) is 2.68. The molecule has 7 nitrogen and oxygen atoms in total. The summed E-state index contributed by atoms with van der Waals surface area (Å²) in [4.78, 5) is 30.1. The van der Waals surface area contributed by atoms with Gasteiger partial charge in [-0.2, -0.15) is 0 Å². The number of halogens is 1. The van der Waals surface area contributed by atoms with Crippen molar-refractivity contribution in [1.29, 1.82) is 0 Å². The highest BCUT2D eigenvalue weighted by Crippen LogP contribution is 2.24. The normalized spacial score (nSPS) is 10.6. The van der Waals surface area contributed by atoms with E-state index >= 15 is 0 Å². The molecule has 0 fully saturated rings. The van der Waals surface area contributed by atoms with E-state index in [4.69, 9.17) is 0 Å². The molecular weight excluding hydrogens is 331 g/mol. The van der Waals surface area contributed by atoms with Gasteiger partial charge in [0.2, 0.25) is 0 Å². The summed E-state index contributed by atoms with van der Waals surface area (Å²) in [5.41, 5.74) is 1.09. The fourth-order valence-electron chi connectivity index (χ4n) is 1.96. The van der Waals surface area contributed by atoms with E-state index in [9.17, 15) is 9.18 Å². The first kappa shape index (κ1) is 16.1. The second kappa shape index (κ2) is 6.75. The van der Waals surface area contributed by atoms with E-state index in [2.05, 4.69) is 19.9 Å². The molecule has 0 saturated carbocycles. The third-order valence-corrected chi connectivity index (χ3v) is 4.24. The van der Waals surface area contributed by atoms with E-state index in [-0.39, 0.29) is 5.91 Å². The monoisotopic (exact) mass is 344 g/mol. The highest BCUT2D eigenvalue weighted by molar-refractivity contribution is 7.99. The van der Waals surface area contributed by atoms with Gasteiger partial charge in [-0.05, 0) is 23.9 Å². The maximum Gasteiger partial charge on any atom is 0.276 e. The summed E-state index contributed by atoms with van der Waals surface area (Å²) in [7, 11) is 3.39. The zero-order valence-electron chi connectivity index (χ0n) is 12.9. The zero-order chi connectivity index (χ0) is 17.1. The van der Waals surface area contributed by atoms with Crippen LogP contribution in [0.15, 0.2) is 53.4 Å². The van der Waals surface area contributed by atoms with Crippen LogP contribution in [-0.4, -0.2) is 37.5 Å². The van der Waals surface area contributed by atoms with E-state index < -0.39 is 5.82 Å². The Morgan fingerprint density at radius 1 is 1.21 bits per heavy atom. The largest absolute Gasteiger partial charge is 0.318 e. The molecule has 9 heteroatoms. The molecule has 0 aliphatic rings. The summed E-state index contributed by atoms with van der Waals surface area (Å²) in [5, 5.41) is 0.884. The summed E-state index contributed by atoms with van der Waals surface area (Å²) in [6, 6.07) is 3.55. The van der Waals surface area contributed by atoms with Crippen LogP contribution >= 0.6 is 11.8 Å². The van der Waals surface area contributed by atoms with Crippen molar-refractivity contribution < 1.29 is 9.18 Å². The van der Waals surface area contributed by atoms with Crippen molar-refractivity contribution in [1.82, 2.24) is 24.5 Å². The molecule has 0 aliphatic heterocycles. The Labute approximate surface area is 141 Å². The molecule has 0 saturated heterocycles. The number of pyridine rings is 1. The first-order chi connectivity index (χ1) is 11.6. The highest BCUT2D eigenvalue weighted by Gasteiger charge is 2.20. The summed E-state index contributed by atoms with van der Waals surface area (Å²) >= 11 is 1.15. The lowest BCUT2D eigenvalue weighted by Crippen LogP contribution is -2.28. The van der Waals surface area contributed by atoms with Crippen molar-refractivity contribution in [3.05, 3.63) is 54.6 Å². The molecule has 122 valence electrons. The molecule has 0 spiro atoms. The van der Waals surface area contributed by atoms with Crippen LogP contribution in [0.4, 0.5) is 10.1 Å². The van der Waals surface area contributed by atoms with Crippen molar-refractivity contribution in [2.75, 3.05) is 11.9 Å². The maximum atomic E-state index is 12.9. The predicted molar refractivity (Wildman–Crippen MR) is 86.3 cm³/mol. The van der Waals surface area contributed by atoms with Crippen LogP contribution in [0.25, 0.3) is 0 Å². The van der Waals surface area contributed by atoms with E-state index in [1.807, 2.05) is 0 Å². The molecule has 3 aromatic rings. The molecule has 3 rings (SSSR count). The van der Waals surface area contributed by atoms with Gasteiger partial charge in [-0.15, -0.1) is 0 Å². The Hall–Kier alpha value is -2.81. The van der Waals surface area contributed by atoms with Gasteiger partial charge in [0.15, 0.2) is 16.1 Å². The number of nitrogens with zero attached hydrogens (tertiary/aromatic N) is 6. The number of aromatic nitrogens is 5. The summed E-state index contributed by atoms with van der Waals surface area (Å²) in [6.07, 6.45) is 6.90. The third kappa shape index (κ3) is 3.25. The van der Waals surface area contributed by atoms with Crippen LogP contribution in [0.5, 0.6) is 0 Å². The lowest BCUT2D eigenvalue weighted by Gasteiger charge is -2.16. The van der Waals surface area contributed by atoms with Crippen LogP contribution in [-0.2, 0) is 7.05 Å². The van der Waals surface area contributed by atoms with Crippen LogP contribution < -0.4 is 4.90 Å². The standard InChI is InChI=1S/C15H13FN6OS/c1-21(11-4-3-5-17-8-11)13(23)12-9-20-15(22(12)2)24-14-18-6-10(16)7-19-14/h3-9H,1-2H3. The molecular formula is C15H13FN6OS. The van der Waals surface area contributed by atoms with E-state index in [0.717, 1.165) is 24.2 Å². The molecule has 3 aromatic heterocycles. The topological polar surface area (TPSA) is 76.8 Å². The van der Waals surface area contributed by atoms with Gasteiger partial charge in [0.1, 0.15) is 5.69 Å².